The predicted molar refractivity (Wildman–Crippen MR) is 88.1 cm³/mol. The fourth-order valence-electron chi connectivity index (χ4n) is 2.14. The van der Waals surface area contributed by atoms with E-state index in [0.717, 1.165) is 11.3 Å². The van der Waals surface area contributed by atoms with Gasteiger partial charge in [0.25, 0.3) is 0 Å². The molecule has 3 aromatic rings. The zero-order chi connectivity index (χ0) is 16.2. The molecule has 0 saturated heterocycles. The van der Waals surface area contributed by atoms with Gasteiger partial charge in [0, 0.05) is 16.9 Å². The van der Waals surface area contributed by atoms with E-state index in [1.165, 1.54) is 28.6 Å². The van der Waals surface area contributed by atoms with Gasteiger partial charge in [0.2, 0.25) is 5.16 Å². The lowest BCUT2D eigenvalue weighted by Gasteiger charge is -2.07. The lowest BCUT2D eigenvalue weighted by atomic mass is 10.2. The van der Waals surface area contributed by atoms with Crippen molar-refractivity contribution < 1.29 is 9.13 Å². The van der Waals surface area contributed by atoms with Crippen molar-refractivity contribution in [1.29, 1.82) is 0 Å². The molecule has 0 unspecified atom stereocenters. The molecule has 1 aromatic heterocycles. The van der Waals surface area contributed by atoms with E-state index in [9.17, 15) is 4.39 Å². The van der Waals surface area contributed by atoms with Crippen LogP contribution in [0.25, 0.3) is 11.4 Å². The molecule has 0 aliphatic carbocycles. The van der Waals surface area contributed by atoms with Crippen molar-refractivity contribution in [1.82, 2.24) is 14.9 Å². The molecule has 2 aromatic carbocycles. The summed E-state index contributed by atoms with van der Waals surface area (Å²) in [6.07, 6.45) is 0. The number of rotatable bonds is 5. The van der Waals surface area contributed by atoms with Crippen LogP contribution in [0.1, 0.15) is 5.56 Å². The second-order valence-corrected chi connectivity index (χ2v) is 5.73. The van der Waals surface area contributed by atoms with Gasteiger partial charge in [0.1, 0.15) is 11.6 Å². The predicted octanol–water partition coefficient (Wildman–Crippen LogP) is 3.10. The first-order valence-corrected chi connectivity index (χ1v) is 7.88. The summed E-state index contributed by atoms with van der Waals surface area (Å²) in [7, 11) is 1.64. The monoisotopic (exact) mass is 330 g/mol. The molecule has 118 valence electrons. The third-order valence-electron chi connectivity index (χ3n) is 3.32. The van der Waals surface area contributed by atoms with Crippen molar-refractivity contribution in [3.8, 4) is 17.1 Å². The van der Waals surface area contributed by atoms with Crippen LogP contribution in [-0.4, -0.2) is 22.0 Å². The number of halogens is 1. The molecule has 2 N–H and O–H groups in total. The van der Waals surface area contributed by atoms with Crippen molar-refractivity contribution in [2.75, 3.05) is 13.0 Å². The maximum absolute atomic E-state index is 13.0. The smallest absolute Gasteiger partial charge is 0.210 e. The van der Waals surface area contributed by atoms with Gasteiger partial charge in [0.15, 0.2) is 5.82 Å². The lowest BCUT2D eigenvalue weighted by molar-refractivity contribution is 0.411. The van der Waals surface area contributed by atoms with E-state index in [4.69, 9.17) is 10.6 Å². The number of nitrogens with two attached hydrogens (primary N) is 1. The van der Waals surface area contributed by atoms with E-state index >= 15 is 0 Å². The maximum Gasteiger partial charge on any atom is 0.210 e. The maximum atomic E-state index is 13.0. The molecule has 7 heteroatoms. The highest BCUT2D eigenvalue weighted by molar-refractivity contribution is 7.98. The van der Waals surface area contributed by atoms with Gasteiger partial charge >= 0.3 is 0 Å². The molecular weight excluding hydrogens is 315 g/mol. The number of nitrogen functional groups attached to an aromatic ring is 1. The number of nitrogens with zero attached hydrogens (tertiary/aromatic N) is 3. The van der Waals surface area contributed by atoms with Crippen molar-refractivity contribution in [3.63, 3.8) is 0 Å². The van der Waals surface area contributed by atoms with Crippen LogP contribution < -0.4 is 10.6 Å². The van der Waals surface area contributed by atoms with E-state index < -0.39 is 0 Å². The standard InChI is InChI=1S/C16H15FN4OS/c1-22-14-5-3-2-4-12(14)10-23-16-20-19-15(21(16)18)11-6-8-13(17)9-7-11/h2-9H,10,18H2,1H3. The van der Waals surface area contributed by atoms with Gasteiger partial charge in [-0.2, -0.15) is 0 Å². The van der Waals surface area contributed by atoms with E-state index in [-0.39, 0.29) is 5.82 Å². The summed E-state index contributed by atoms with van der Waals surface area (Å²) < 4.78 is 19.7. The Labute approximate surface area is 137 Å². The summed E-state index contributed by atoms with van der Waals surface area (Å²) in [6, 6.07) is 13.8. The van der Waals surface area contributed by atoms with Crippen LogP contribution >= 0.6 is 11.8 Å². The van der Waals surface area contributed by atoms with E-state index in [1.807, 2.05) is 24.3 Å². The summed E-state index contributed by atoms with van der Waals surface area (Å²) in [6.45, 7) is 0. The minimum atomic E-state index is -0.303. The molecule has 3 rings (SSSR count). The van der Waals surface area contributed by atoms with Gasteiger partial charge in [-0.05, 0) is 30.3 Å². The average molecular weight is 330 g/mol. The van der Waals surface area contributed by atoms with E-state index in [2.05, 4.69) is 10.2 Å². The Balaban J connectivity index is 1.78. The van der Waals surface area contributed by atoms with Crippen LogP contribution in [0.4, 0.5) is 4.39 Å². The highest BCUT2D eigenvalue weighted by Crippen LogP contribution is 2.28. The Kier molecular flexibility index (Phi) is 4.47. The average Bonchev–Trinajstić information content (AvgIpc) is 2.95. The lowest BCUT2D eigenvalue weighted by Crippen LogP contribution is -2.11. The van der Waals surface area contributed by atoms with Crippen molar-refractivity contribution in [2.45, 2.75) is 10.9 Å². The van der Waals surface area contributed by atoms with Gasteiger partial charge in [0.05, 0.1) is 7.11 Å². The molecule has 0 aliphatic rings. The molecule has 0 atom stereocenters. The third kappa shape index (κ3) is 3.29. The summed E-state index contributed by atoms with van der Waals surface area (Å²) in [5.74, 6) is 7.72. The van der Waals surface area contributed by atoms with Gasteiger partial charge in [-0.25, -0.2) is 9.07 Å². The minimum Gasteiger partial charge on any atom is -0.496 e. The Hall–Kier alpha value is -2.54. The number of hydrogen-bond donors (Lipinski definition) is 1. The zero-order valence-electron chi connectivity index (χ0n) is 12.4. The summed E-state index contributed by atoms with van der Waals surface area (Å²) in [4.78, 5) is 0. The number of para-hydroxylation sites is 1. The minimum absolute atomic E-state index is 0.303. The van der Waals surface area contributed by atoms with Crippen LogP contribution in [-0.2, 0) is 5.75 Å². The van der Waals surface area contributed by atoms with E-state index in [1.54, 1.807) is 19.2 Å². The quantitative estimate of drug-likeness (QED) is 0.575. The first kappa shape index (κ1) is 15.4. The number of thioether (sulfide) groups is 1. The molecule has 0 amide bonds. The molecule has 0 saturated carbocycles. The van der Waals surface area contributed by atoms with E-state index in [0.29, 0.717) is 22.3 Å². The van der Waals surface area contributed by atoms with Crippen molar-refractivity contribution in [2.24, 2.45) is 0 Å². The second-order valence-electron chi connectivity index (χ2n) is 4.78. The van der Waals surface area contributed by atoms with Gasteiger partial charge in [-0.1, -0.05) is 30.0 Å². The van der Waals surface area contributed by atoms with Crippen LogP contribution in [0.2, 0.25) is 0 Å². The molecule has 0 bridgehead atoms. The highest BCUT2D eigenvalue weighted by atomic mass is 32.2. The number of benzene rings is 2. The summed E-state index contributed by atoms with van der Waals surface area (Å²) >= 11 is 1.46. The van der Waals surface area contributed by atoms with Gasteiger partial charge in [-0.3, -0.25) is 0 Å². The van der Waals surface area contributed by atoms with Gasteiger partial charge in [-0.15, -0.1) is 10.2 Å². The van der Waals surface area contributed by atoms with Crippen LogP contribution in [0.3, 0.4) is 0 Å². The SMILES string of the molecule is COc1ccccc1CSc1nnc(-c2ccc(F)cc2)n1N. The molecule has 0 radical (unpaired) electrons. The number of ether oxygens (including phenoxy) is 1. The molecule has 23 heavy (non-hydrogen) atoms. The molecule has 0 aliphatic heterocycles. The molecule has 0 spiro atoms. The Bertz CT molecular complexity index is 804. The normalized spacial score (nSPS) is 10.7. The first-order chi connectivity index (χ1) is 11.2. The molecule has 0 fully saturated rings. The summed E-state index contributed by atoms with van der Waals surface area (Å²) in [5.41, 5.74) is 1.76. The van der Waals surface area contributed by atoms with Crippen molar-refractivity contribution >= 4 is 11.8 Å². The molecular formula is C16H15FN4OS. The van der Waals surface area contributed by atoms with Gasteiger partial charge < -0.3 is 10.6 Å². The third-order valence-corrected chi connectivity index (χ3v) is 4.31. The largest absolute Gasteiger partial charge is 0.496 e. The fourth-order valence-corrected chi connectivity index (χ4v) is 2.98. The fraction of sp³-hybridized carbons (Fsp3) is 0.125. The van der Waals surface area contributed by atoms with Crippen molar-refractivity contribution in [3.05, 3.63) is 59.9 Å². The highest BCUT2D eigenvalue weighted by Gasteiger charge is 2.13. The first-order valence-electron chi connectivity index (χ1n) is 6.90. The molecule has 1 heterocycles. The van der Waals surface area contributed by atoms with Crippen LogP contribution in [0, 0.1) is 5.82 Å². The zero-order valence-corrected chi connectivity index (χ0v) is 13.3. The van der Waals surface area contributed by atoms with Crippen LogP contribution in [0.15, 0.2) is 53.7 Å². The Morgan fingerprint density at radius 2 is 1.87 bits per heavy atom. The molecule has 5 nitrogen and oxygen atoms in total. The number of aromatic nitrogens is 3. The Morgan fingerprint density at radius 3 is 2.61 bits per heavy atom. The van der Waals surface area contributed by atoms with Crippen LogP contribution in [0.5, 0.6) is 5.75 Å². The second kappa shape index (κ2) is 6.70. The Morgan fingerprint density at radius 1 is 1.13 bits per heavy atom. The topological polar surface area (TPSA) is 66.0 Å². The number of methoxy groups -OCH3 is 1. The summed E-state index contributed by atoms with van der Waals surface area (Å²) in [5, 5.41) is 8.76. The number of hydrogen-bond acceptors (Lipinski definition) is 5.